The molecule has 0 heterocycles. The van der Waals surface area contributed by atoms with Crippen LogP contribution >= 0.6 is 0 Å². The van der Waals surface area contributed by atoms with Crippen LogP contribution in [0, 0.1) is 0 Å². The van der Waals surface area contributed by atoms with Crippen LogP contribution in [0.2, 0.25) is 0 Å². The third-order valence-corrected chi connectivity index (χ3v) is 7.74. The number of carbonyl (C=O) groups excluding carboxylic acids is 1. The summed E-state index contributed by atoms with van der Waals surface area (Å²) in [7, 11) is -0.292. The van der Waals surface area contributed by atoms with Gasteiger partial charge in [-0.05, 0) is 54.8 Å². The standard InChI is InChI=1S/C24H32N2O5S/c1-26(21-6-4-3-5-7-21)32(28,29)23-14-10-20(11-15-23)24(27)25-18-19-8-12-22(13-9-19)31-17-16-30-2/h8-15,21H,3-7,16-18H2,1-2H3,(H,25,27). The Balaban J connectivity index is 1.55. The molecule has 2 aromatic carbocycles. The number of hydrogen-bond donors (Lipinski definition) is 1. The minimum absolute atomic E-state index is 0.0495. The Hall–Kier alpha value is -2.42. The maximum Gasteiger partial charge on any atom is 0.251 e. The topological polar surface area (TPSA) is 84.9 Å². The predicted molar refractivity (Wildman–Crippen MR) is 123 cm³/mol. The second-order valence-corrected chi connectivity index (χ2v) is 10.0. The molecule has 1 aliphatic carbocycles. The van der Waals surface area contributed by atoms with Crippen molar-refractivity contribution in [3.8, 4) is 5.75 Å². The van der Waals surface area contributed by atoms with Crippen molar-refractivity contribution in [3.05, 3.63) is 59.7 Å². The number of hydrogen-bond acceptors (Lipinski definition) is 5. The van der Waals surface area contributed by atoms with Gasteiger partial charge in [0.25, 0.3) is 5.91 Å². The molecule has 1 amide bonds. The van der Waals surface area contributed by atoms with Crippen LogP contribution in [-0.4, -0.2) is 52.0 Å². The lowest BCUT2D eigenvalue weighted by molar-refractivity contribution is 0.0951. The smallest absolute Gasteiger partial charge is 0.251 e. The maximum absolute atomic E-state index is 12.9. The number of benzene rings is 2. The van der Waals surface area contributed by atoms with Crippen molar-refractivity contribution in [2.45, 2.75) is 49.6 Å². The van der Waals surface area contributed by atoms with E-state index in [-0.39, 0.29) is 16.8 Å². The third-order valence-electron chi connectivity index (χ3n) is 5.82. The van der Waals surface area contributed by atoms with E-state index in [4.69, 9.17) is 9.47 Å². The first-order valence-corrected chi connectivity index (χ1v) is 12.4. The van der Waals surface area contributed by atoms with Gasteiger partial charge in [0.2, 0.25) is 10.0 Å². The Morgan fingerprint density at radius 2 is 1.66 bits per heavy atom. The molecule has 3 rings (SSSR count). The number of nitrogens with zero attached hydrogens (tertiary/aromatic N) is 1. The number of ether oxygens (including phenoxy) is 2. The predicted octanol–water partition coefficient (Wildman–Crippen LogP) is 3.60. The van der Waals surface area contributed by atoms with Crippen LogP contribution in [0.15, 0.2) is 53.4 Å². The van der Waals surface area contributed by atoms with Gasteiger partial charge in [-0.1, -0.05) is 31.4 Å². The van der Waals surface area contributed by atoms with Gasteiger partial charge in [-0.15, -0.1) is 0 Å². The molecule has 0 unspecified atom stereocenters. The van der Waals surface area contributed by atoms with Gasteiger partial charge in [0.15, 0.2) is 0 Å². The molecule has 0 saturated heterocycles. The van der Waals surface area contributed by atoms with Crippen molar-refractivity contribution < 1.29 is 22.7 Å². The summed E-state index contributed by atoms with van der Waals surface area (Å²) < 4.78 is 37.9. The van der Waals surface area contributed by atoms with Crippen LogP contribution in [0.5, 0.6) is 5.75 Å². The van der Waals surface area contributed by atoms with Crippen molar-refractivity contribution in [1.29, 1.82) is 0 Å². The monoisotopic (exact) mass is 460 g/mol. The molecule has 1 N–H and O–H groups in total. The van der Waals surface area contributed by atoms with E-state index in [0.717, 1.165) is 37.0 Å². The van der Waals surface area contributed by atoms with Gasteiger partial charge in [0.1, 0.15) is 12.4 Å². The Bertz CT molecular complexity index is 968. The quantitative estimate of drug-likeness (QED) is 0.548. The molecule has 2 aromatic rings. The van der Waals surface area contributed by atoms with Crippen LogP contribution < -0.4 is 10.1 Å². The first kappa shape index (κ1) is 24.2. The number of methoxy groups -OCH3 is 1. The van der Waals surface area contributed by atoms with E-state index in [0.29, 0.717) is 25.3 Å². The third kappa shape index (κ3) is 6.31. The van der Waals surface area contributed by atoms with E-state index in [1.165, 1.54) is 22.9 Å². The van der Waals surface area contributed by atoms with Crippen LogP contribution in [-0.2, 0) is 21.3 Å². The van der Waals surface area contributed by atoms with Crippen molar-refractivity contribution >= 4 is 15.9 Å². The molecule has 0 aromatic heterocycles. The molecule has 32 heavy (non-hydrogen) atoms. The molecule has 1 fully saturated rings. The molecule has 8 heteroatoms. The first-order valence-electron chi connectivity index (χ1n) is 11.0. The highest BCUT2D eigenvalue weighted by atomic mass is 32.2. The first-order chi connectivity index (χ1) is 15.4. The number of carbonyl (C=O) groups is 1. The Morgan fingerprint density at radius 1 is 1.00 bits per heavy atom. The zero-order chi connectivity index (χ0) is 23.0. The van der Waals surface area contributed by atoms with Crippen LogP contribution in [0.1, 0.15) is 48.0 Å². The average molecular weight is 461 g/mol. The summed E-state index contributed by atoms with van der Waals surface area (Å²) in [4.78, 5) is 12.7. The van der Waals surface area contributed by atoms with E-state index >= 15 is 0 Å². The number of sulfonamides is 1. The maximum atomic E-state index is 12.9. The summed E-state index contributed by atoms with van der Waals surface area (Å²) in [5, 5.41) is 2.86. The van der Waals surface area contributed by atoms with Crippen LogP contribution in [0.4, 0.5) is 0 Å². The molecule has 0 radical (unpaired) electrons. The second kappa shape index (κ2) is 11.4. The van der Waals surface area contributed by atoms with E-state index in [2.05, 4.69) is 5.32 Å². The highest BCUT2D eigenvalue weighted by molar-refractivity contribution is 7.89. The lowest BCUT2D eigenvalue weighted by atomic mass is 9.96. The molecule has 7 nitrogen and oxygen atoms in total. The highest BCUT2D eigenvalue weighted by Crippen LogP contribution is 2.26. The van der Waals surface area contributed by atoms with Gasteiger partial charge in [-0.25, -0.2) is 8.42 Å². The molecular formula is C24H32N2O5S. The number of amides is 1. The van der Waals surface area contributed by atoms with E-state index in [1.807, 2.05) is 24.3 Å². The summed E-state index contributed by atoms with van der Waals surface area (Å²) in [5.74, 6) is 0.488. The van der Waals surface area contributed by atoms with E-state index in [9.17, 15) is 13.2 Å². The highest BCUT2D eigenvalue weighted by Gasteiger charge is 2.29. The number of nitrogens with one attached hydrogen (secondary N) is 1. The van der Waals surface area contributed by atoms with Crippen molar-refractivity contribution in [2.75, 3.05) is 27.4 Å². The lowest BCUT2D eigenvalue weighted by Gasteiger charge is -2.30. The van der Waals surface area contributed by atoms with Gasteiger partial charge in [0, 0.05) is 32.3 Å². The average Bonchev–Trinajstić information content (AvgIpc) is 2.83. The summed E-state index contributed by atoms with van der Waals surface area (Å²) in [5.41, 5.74) is 1.36. The molecule has 0 bridgehead atoms. The fraction of sp³-hybridized carbons (Fsp3) is 0.458. The fourth-order valence-corrected chi connectivity index (χ4v) is 5.23. The summed E-state index contributed by atoms with van der Waals surface area (Å²) in [6, 6.07) is 13.7. The van der Waals surface area contributed by atoms with Gasteiger partial charge >= 0.3 is 0 Å². The van der Waals surface area contributed by atoms with Gasteiger partial charge in [-0.3, -0.25) is 4.79 Å². The van der Waals surface area contributed by atoms with Crippen molar-refractivity contribution in [3.63, 3.8) is 0 Å². The van der Waals surface area contributed by atoms with E-state index in [1.54, 1.807) is 26.3 Å². The van der Waals surface area contributed by atoms with Crippen molar-refractivity contribution in [2.24, 2.45) is 0 Å². The summed E-state index contributed by atoms with van der Waals surface area (Å²) in [6.07, 6.45) is 5.09. The minimum atomic E-state index is -3.57. The largest absolute Gasteiger partial charge is 0.491 e. The Labute approximate surface area is 190 Å². The SMILES string of the molecule is COCCOc1ccc(CNC(=O)c2ccc(S(=O)(=O)N(C)C3CCCCC3)cc2)cc1. The second-order valence-electron chi connectivity index (χ2n) is 8.01. The van der Waals surface area contributed by atoms with Crippen LogP contribution in [0.25, 0.3) is 0 Å². The fourth-order valence-electron chi connectivity index (χ4n) is 3.82. The Morgan fingerprint density at radius 3 is 2.28 bits per heavy atom. The molecular weight excluding hydrogens is 428 g/mol. The molecule has 1 saturated carbocycles. The van der Waals surface area contributed by atoms with Gasteiger partial charge in [0.05, 0.1) is 11.5 Å². The molecule has 174 valence electrons. The zero-order valence-electron chi connectivity index (χ0n) is 18.7. The molecule has 1 aliphatic rings. The van der Waals surface area contributed by atoms with Gasteiger partial charge in [-0.2, -0.15) is 4.31 Å². The van der Waals surface area contributed by atoms with Crippen LogP contribution in [0.3, 0.4) is 0 Å². The Kier molecular flexibility index (Phi) is 8.67. The van der Waals surface area contributed by atoms with Gasteiger partial charge < -0.3 is 14.8 Å². The minimum Gasteiger partial charge on any atom is -0.491 e. The lowest BCUT2D eigenvalue weighted by Crippen LogP contribution is -2.38. The zero-order valence-corrected chi connectivity index (χ0v) is 19.6. The van der Waals surface area contributed by atoms with E-state index < -0.39 is 10.0 Å². The summed E-state index contributed by atoms with van der Waals surface area (Å²) >= 11 is 0. The normalized spacial score (nSPS) is 15.0. The summed E-state index contributed by atoms with van der Waals surface area (Å²) in [6.45, 7) is 1.37. The molecule has 0 atom stereocenters. The van der Waals surface area contributed by atoms with Crippen molar-refractivity contribution in [1.82, 2.24) is 9.62 Å². The number of rotatable bonds is 10. The molecule has 0 aliphatic heterocycles. The molecule has 0 spiro atoms.